The van der Waals surface area contributed by atoms with Crippen LogP contribution in [0.4, 0.5) is 0 Å². The van der Waals surface area contributed by atoms with Gasteiger partial charge in [-0.3, -0.25) is 4.79 Å². The average molecular weight is 302 g/mol. The van der Waals surface area contributed by atoms with Crippen LogP contribution in [0, 0.1) is 25.7 Å². The van der Waals surface area contributed by atoms with Gasteiger partial charge in [-0.2, -0.15) is 0 Å². The summed E-state index contributed by atoms with van der Waals surface area (Å²) in [5.41, 5.74) is 6.38. The van der Waals surface area contributed by atoms with Gasteiger partial charge in [-0.1, -0.05) is 11.8 Å². The number of carbonyl (C=O) groups is 1. The van der Waals surface area contributed by atoms with E-state index in [1.54, 1.807) is 11.9 Å². The molecule has 1 amide bonds. The molecule has 21 heavy (non-hydrogen) atoms. The molecule has 2 N–H and O–H groups in total. The van der Waals surface area contributed by atoms with Crippen molar-refractivity contribution in [3.8, 4) is 11.8 Å². The second kappa shape index (κ2) is 6.61. The Bertz CT molecular complexity index is 703. The second-order valence-corrected chi connectivity index (χ2v) is 5.85. The van der Waals surface area contributed by atoms with Crippen molar-refractivity contribution in [1.82, 2.24) is 4.90 Å². The van der Waals surface area contributed by atoms with Crippen LogP contribution in [0.15, 0.2) is 22.6 Å². The maximum Gasteiger partial charge on any atom is 0.264 e. The van der Waals surface area contributed by atoms with Crippen LogP contribution in [0.25, 0.3) is 0 Å². The molecule has 110 valence electrons. The van der Waals surface area contributed by atoms with Gasteiger partial charge in [-0.25, -0.2) is 0 Å². The van der Waals surface area contributed by atoms with Crippen molar-refractivity contribution >= 4 is 17.2 Å². The van der Waals surface area contributed by atoms with E-state index in [1.807, 2.05) is 32.0 Å². The molecule has 2 aromatic rings. The molecule has 2 rings (SSSR count). The highest BCUT2D eigenvalue weighted by atomic mass is 32.1. The van der Waals surface area contributed by atoms with E-state index in [9.17, 15) is 4.79 Å². The number of furan rings is 1. The molecule has 0 aliphatic carbocycles. The minimum Gasteiger partial charge on any atom is -0.464 e. The standard InChI is InChI=1S/C16H18N2O2S/c1-11-9-15(21-14(11)5-4-8-17)16(19)18(3)10-13-7-6-12(2)20-13/h6-7,9H,8,10,17H2,1-3H3. The van der Waals surface area contributed by atoms with E-state index in [2.05, 4.69) is 11.8 Å². The first-order valence-corrected chi connectivity index (χ1v) is 7.43. The molecule has 0 aliphatic rings. The number of carbonyl (C=O) groups excluding carboxylic acids is 1. The first kappa shape index (κ1) is 15.4. The highest BCUT2D eigenvalue weighted by Crippen LogP contribution is 2.22. The average Bonchev–Trinajstić information content (AvgIpc) is 3.02. The van der Waals surface area contributed by atoms with E-state index < -0.39 is 0 Å². The van der Waals surface area contributed by atoms with E-state index in [0.717, 1.165) is 22.0 Å². The monoisotopic (exact) mass is 302 g/mol. The zero-order chi connectivity index (χ0) is 15.4. The predicted molar refractivity (Wildman–Crippen MR) is 84.2 cm³/mol. The lowest BCUT2D eigenvalue weighted by Crippen LogP contribution is -2.25. The van der Waals surface area contributed by atoms with E-state index >= 15 is 0 Å². The maximum atomic E-state index is 12.4. The number of thiophene rings is 1. The van der Waals surface area contributed by atoms with E-state index in [-0.39, 0.29) is 5.91 Å². The lowest BCUT2D eigenvalue weighted by atomic mass is 10.2. The quantitative estimate of drug-likeness (QED) is 0.886. The van der Waals surface area contributed by atoms with Gasteiger partial charge in [0.2, 0.25) is 0 Å². The number of nitrogens with two attached hydrogens (primary N) is 1. The summed E-state index contributed by atoms with van der Waals surface area (Å²) in [4.78, 5) is 15.6. The molecule has 0 spiro atoms. The Hall–Kier alpha value is -2.03. The molecular formula is C16H18N2O2S. The maximum absolute atomic E-state index is 12.4. The lowest BCUT2D eigenvalue weighted by Gasteiger charge is -2.14. The number of rotatable bonds is 3. The minimum atomic E-state index is -0.0297. The molecule has 2 heterocycles. The van der Waals surface area contributed by atoms with Gasteiger partial charge in [0.25, 0.3) is 5.91 Å². The molecule has 2 aromatic heterocycles. The molecule has 0 aliphatic heterocycles. The summed E-state index contributed by atoms with van der Waals surface area (Å²) in [5, 5.41) is 0. The molecule has 0 saturated heterocycles. The Labute approximate surface area is 128 Å². The normalized spacial score (nSPS) is 10.1. The molecule has 5 heteroatoms. The number of amides is 1. The number of hydrogen-bond donors (Lipinski definition) is 1. The summed E-state index contributed by atoms with van der Waals surface area (Å²) in [5.74, 6) is 7.40. The smallest absolute Gasteiger partial charge is 0.264 e. The largest absolute Gasteiger partial charge is 0.464 e. The second-order valence-electron chi connectivity index (χ2n) is 4.80. The minimum absolute atomic E-state index is 0.0297. The van der Waals surface area contributed by atoms with Gasteiger partial charge in [-0.05, 0) is 37.6 Å². The summed E-state index contributed by atoms with van der Waals surface area (Å²) < 4.78 is 5.50. The van der Waals surface area contributed by atoms with Crippen LogP contribution in [0.3, 0.4) is 0 Å². The molecule has 0 aromatic carbocycles. The van der Waals surface area contributed by atoms with Gasteiger partial charge in [0, 0.05) is 7.05 Å². The van der Waals surface area contributed by atoms with Crippen molar-refractivity contribution in [3.05, 3.63) is 45.0 Å². The SMILES string of the molecule is Cc1ccc(CN(C)C(=O)c2cc(C)c(C#CCN)s2)o1. The molecule has 0 bridgehead atoms. The Morgan fingerprint density at radius 3 is 2.81 bits per heavy atom. The van der Waals surface area contributed by atoms with Crippen LogP contribution in [0.2, 0.25) is 0 Å². The van der Waals surface area contributed by atoms with Crippen molar-refractivity contribution in [2.75, 3.05) is 13.6 Å². The third-order valence-corrected chi connectivity index (χ3v) is 4.11. The summed E-state index contributed by atoms with van der Waals surface area (Å²) in [6, 6.07) is 5.65. The summed E-state index contributed by atoms with van der Waals surface area (Å²) in [6.07, 6.45) is 0. The van der Waals surface area contributed by atoms with Crippen LogP contribution in [0.5, 0.6) is 0 Å². The Balaban J connectivity index is 2.12. The van der Waals surface area contributed by atoms with Crippen molar-refractivity contribution in [2.24, 2.45) is 5.73 Å². The number of hydrogen-bond acceptors (Lipinski definition) is 4. The fourth-order valence-electron chi connectivity index (χ4n) is 1.91. The van der Waals surface area contributed by atoms with Crippen LogP contribution < -0.4 is 5.73 Å². The Morgan fingerprint density at radius 2 is 2.19 bits per heavy atom. The zero-order valence-electron chi connectivity index (χ0n) is 12.4. The van der Waals surface area contributed by atoms with Crippen LogP contribution in [0.1, 0.15) is 31.6 Å². The third kappa shape index (κ3) is 3.75. The van der Waals surface area contributed by atoms with Gasteiger partial charge in [0.1, 0.15) is 11.5 Å². The van der Waals surface area contributed by atoms with Gasteiger partial charge in [-0.15, -0.1) is 11.3 Å². The highest BCUT2D eigenvalue weighted by molar-refractivity contribution is 7.14. The van der Waals surface area contributed by atoms with Crippen LogP contribution in [-0.4, -0.2) is 24.4 Å². The molecule has 0 saturated carbocycles. The molecule has 0 unspecified atom stereocenters. The molecule has 0 fully saturated rings. The molecule has 0 radical (unpaired) electrons. The van der Waals surface area contributed by atoms with Gasteiger partial charge >= 0.3 is 0 Å². The van der Waals surface area contributed by atoms with Gasteiger partial charge in [0.05, 0.1) is 22.8 Å². The summed E-state index contributed by atoms with van der Waals surface area (Å²) in [7, 11) is 1.76. The fraction of sp³-hybridized carbons (Fsp3) is 0.312. The van der Waals surface area contributed by atoms with Crippen LogP contribution in [-0.2, 0) is 6.54 Å². The lowest BCUT2D eigenvalue weighted by molar-refractivity contribution is 0.0779. The third-order valence-electron chi connectivity index (χ3n) is 2.97. The summed E-state index contributed by atoms with van der Waals surface area (Å²) in [6.45, 7) is 4.60. The topological polar surface area (TPSA) is 59.5 Å². The molecular weight excluding hydrogens is 284 g/mol. The van der Waals surface area contributed by atoms with E-state index in [0.29, 0.717) is 18.0 Å². The van der Waals surface area contributed by atoms with E-state index in [1.165, 1.54) is 11.3 Å². The van der Waals surface area contributed by atoms with Crippen LogP contribution >= 0.6 is 11.3 Å². The van der Waals surface area contributed by atoms with Gasteiger partial charge in [0.15, 0.2) is 0 Å². The van der Waals surface area contributed by atoms with Crippen molar-refractivity contribution < 1.29 is 9.21 Å². The fourth-order valence-corrected chi connectivity index (χ4v) is 2.95. The summed E-state index contributed by atoms with van der Waals surface area (Å²) >= 11 is 1.40. The Kier molecular flexibility index (Phi) is 4.84. The Morgan fingerprint density at radius 1 is 1.43 bits per heavy atom. The predicted octanol–water partition coefficient (Wildman–Crippen LogP) is 2.54. The van der Waals surface area contributed by atoms with Crippen molar-refractivity contribution in [3.63, 3.8) is 0 Å². The number of aryl methyl sites for hydroxylation is 2. The van der Waals surface area contributed by atoms with Gasteiger partial charge < -0.3 is 15.1 Å². The number of nitrogens with zero attached hydrogens (tertiary/aromatic N) is 1. The zero-order valence-corrected chi connectivity index (χ0v) is 13.2. The highest BCUT2D eigenvalue weighted by Gasteiger charge is 2.17. The van der Waals surface area contributed by atoms with E-state index in [4.69, 9.17) is 10.2 Å². The molecule has 4 nitrogen and oxygen atoms in total. The van der Waals surface area contributed by atoms with Crippen molar-refractivity contribution in [1.29, 1.82) is 0 Å². The van der Waals surface area contributed by atoms with Crippen molar-refractivity contribution in [2.45, 2.75) is 20.4 Å². The first-order valence-electron chi connectivity index (χ1n) is 6.61. The molecule has 0 atom stereocenters. The first-order chi connectivity index (χ1) is 10.0.